The second-order valence-corrected chi connectivity index (χ2v) is 9.77. The van der Waals surface area contributed by atoms with Gasteiger partial charge in [0.1, 0.15) is 15.6 Å². The lowest BCUT2D eigenvalue weighted by atomic mass is 10.1. The van der Waals surface area contributed by atoms with Crippen molar-refractivity contribution in [1.29, 1.82) is 0 Å². The van der Waals surface area contributed by atoms with Crippen LogP contribution in [0.25, 0.3) is 0 Å². The van der Waals surface area contributed by atoms with E-state index in [0.29, 0.717) is 19.0 Å². The van der Waals surface area contributed by atoms with E-state index >= 15 is 0 Å². The van der Waals surface area contributed by atoms with Crippen molar-refractivity contribution in [2.45, 2.75) is 46.3 Å². The SMILES string of the molecule is CN=C(NCc1ccc(C)cc1OC(C)C)NCC1(CS(C)(=O)=O)CC1.I. The van der Waals surface area contributed by atoms with Crippen LogP contribution >= 0.6 is 24.0 Å². The topological polar surface area (TPSA) is 79.8 Å². The minimum Gasteiger partial charge on any atom is -0.491 e. The van der Waals surface area contributed by atoms with Crippen LogP contribution in [0, 0.1) is 12.3 Å². The monoisotopic (exact) mass is 509 g/mol. The molecule has 0 heterocycles. The van der Waals surface area contributed by atoms with Gasteiger partial charge in [-0.15, -0.1) is 24.0 Å². The molecular weight excluding hydrogens is 477 g/mol. The number of sulfone groups is 1. The lowest BCUT2D eigenvalue weighted by Crippen LogP contribution is -2.41. The van der Waals surface area contributed by atoms with Gasteiger partial charge in [0.05, 0.1) is 11.9 Å². The predicted molar refractivity (Wildman–Crippen MR) is 122 cm³/mol. The van der Waals surface area contributed by atoms with Crippen LogP contribution in [0.5, 0.6) is 5.75 Å². The standard InChI is InChI=1S/C19H31N3O3S.HI/c1-14(2)25-17-10-15(3)6-7-16(17)11-21-18(20-4)22-12-19(8-9-19)13-26(5,23)24;/h6-7,10,14H,8-9,11-13H2,1-5H3,(H2,20,21,22);1H. The smallest absolute Gasteiger partial charge is 0.191 e. The highest BCUT2D eigenvalue weighted by atomic mass is 127. The van der Waals surface area contributed by atoms with Gasteiger partial charge < -0.3 is 15.4 Å². The molecule has 1 aliphatic rings. The Morgan fingerprint density at radius 3 is 2.48 bits per heavy atom. The Bertz CT molecular complexity index is 759. The van der Waals surface area contributed by atoms with E-state index in [1.807, 2.05) is 26.8 Å². The number of rotatable bonds is 8. The van der Waals surface area contributed by atoms with Gasteiger partial charge in [0.15, 0.2) is 5.96 Å². The number of hydrogen-bond acceptors (Lipinski definition) is 4. The summed E-state index contributed by atoms with van der Waals surface area (Å²) >= 11 is 0. The molecule has 27 heavy (non-hydrogen) atoms. The number of nitrogens with one attached hydrogen (secondary N) is 2. The number of benzene rings is 1. The van der Waals surface area contributed by atoms with Crippen molar-refractivity contribution in [3.05, 3.63) is 29.3 Å². The lowest BCUT2D eigenvalue weighted by Gasteiger charge is -2.19. The Balaban J connectivity index is 0.00000364. The summed E-state index contributed by atoms with van der Waals surface area (Å²) in [7, 11) is -1.25. The van der Waals surface area contributed by atoms with Crippen molar-refractivity contribution in [1.82, 2.24) is 10.6 Å². The van der Waals surface area contributed by atoms with E-state index in [1.165, 1.54) is 6.26 Å². The summed E-state index contributed by atoms with van der Waals surface area (Å²) in [5.41, 5.74) is 2.08. The summed E-state index contributed by atoms with van der Waals surface area (Å²) in [6, 6.07) is 6.16. The van der Waals surface area contributed by atoms with Crippen LogP contribution < -0.4 is 15.4 Å². The number of ether oxygens (including phenoxy) is 1. The Hall–Kier alpha value is -1.03. The molecule has 0 atom stereocenters. The van der Waals surface area contributed by atoms with Crippen LogP contribution in [-0.4, -0.2) is 46.1 Å². The molecule has 1 aliphatic carbocycles. The zero-order chi connectivity index (χ0) is 19.4. The van der Waals surface area contributed by atoms with E-state index in [0.717, 1.165) is 29.7 Å². The largest absolute Gasteiger partial charge is 0.491 e. The predicted octanol–water partition coefficient (Wildman–Crippen LogP) is 2.89. The summed E-state index contributed by atoms with van der Waals surface area (Å²) in [6.45, 7) is 7.26. The molecule has 154 valence electrons. The van der Waals surface area contributed by atoms with Gasteiger partial charge in [-0.1, -0.05) is 12.1 Å². The molecule has 0 bridgehead atoms. The zero-order valence-corrected chi connectivity index (χ0v) is 20.0. The number of aryl methyl sites for hydroxylation is 1. The molecule has 0 aromatic heterocycles. The van der Waals surface area contributed by atoms with E-state index in [9.17, 15) is 8.42 Å². The Labute approximate surface area is 180 Å². The second kappa shape index (κ2) is 9.95. The van der Waals surface area contributed by atoms with Gasteiger partial charge in [-0.25, -0.2) is 8.42 Å². The summed E-state index contributed by atoms with van der Waals surface area (Å²) in [5, 5.41) is 6.56. The van der Waals surface area contributed by atoms with Gasteiger partial charge >= 0.3 is 0 Å². The normalized spacial score (nSPS) is 15.9. The van der Waals surface area contributed by atoms with Crippen molar-refractivity contribution < 1.29 is 13.2 Å². The van der Waals surface area contributed by atoms with Crippen molar-refractivity contribution in [3.63, 3.8) is 0 Å². The molecule has 8 heteroatoms. The first-order valence-electron chi connectivity index (χ1n) is 9.01. The average molecular weight is 509 g/mol. The molecule has 2 N–H and O–H groups in total. The van der Waals surface area contributed by atoms with Crippen molar-refractivity contribution in [2.75, 3.05) is 25.6 Å². The van der Waals surface area contributed by atoms with Crippen LogP contribution in [0.15, 0.2) is 23.2 Å². The van der Waals surface area contributed by atoms with Crippen LogP contribution in [0.4, 0.5) is 0 Å². The molecule has 1 aromatic rings. The first-order chi connectivity index (χ1) is 12.1. The van der Waals surface area contributed by atoms with Gasteiger partial charge in [-0.2, -0.15) is 0 Å². The molecule has 0 saturated heterocycles. The average Bonchev–Trinajstić information content (AvgIpc) is 3.26. The number of guanidine groups is 1. The highest BCUT2D eigenvalue weighted by Gasteiger charge is 2.45. The summed E-state index contributed by atoms with van der Waals surface area (Å²) in [5.74, 6) is 1.77. The number of aliphatic imine (C=N–C) groups is 1. The van der Waals surface area contributed by atoms with E-state index in [2.05, 4.69) is 27.8 Å². The number of halogens is 1. The van der Waals surface area contributed by atoms with Crippen LogP contribution in [-0.2, 0) is 16.4 Å². The Morgan fingerprint density at radius 1 is 1.30 bits per heavy atom. The molecule has 0 radical (unpaired) electrons. The fourth-order valence-corrected chi connectivity index (χ4v) is 4.45. The zero-order valence-electron chi connectivity index (χ0n) is 16.8. The van der Waals surface area contributed by atoms with Gasteiger partial charge in [-0.3, -0.25) is 4.99 Å². The fraction of sp³-hybridized carbons (Fsp3) is 0.632. The molecule has 0 aliphatic heterocycles. The fourth-order valence-electron chi connectivity index (χ4n) is 2.95. The molecule has 1 saturated carbocycles. The molecule has 2 rings (SSSR count). The van der Waals surface area contributed by atoms with Gasteiger partial charge in [0.2, 0.25) is 0 Å². The van der Waals surface area contributed by atoms with Crippen LogP contribution in [0.1, 0.15) is 37.8 Å². The summed E-state index contributed by atoms with van der Waals surface area (Å²) in [4.78, 5) is 4.24. The molecule has 0 unspecified atom stereocenters. The molecule has 1 fully saturated rings. The molecule has 0 amide bonds. The maximum Gasteiger partial charge on any atom is 0.191 e. The molecule has 6 nitrogen and oxygen atoms in total. The third-order valence-electron chi connectivity index (χ3n) is 4.41. The Morgan fingerprint density at radius 2 is 1.96 bits per heavy atom. The maximum absolute atomic E-state index is 11.6. The molecular formula is C19H32IN3O3S. The van der Waals surface area contributed by atoms with E-state index in [-0.39, 0.29) is 41.2 Å². The quantitative estimate of drug-likeness (QED) is 0.320. The highest BCUT2D eigenvalue weighted by molar-refractivity contribution is 14.0. The second-order valence-electron chi connectivity index (χ2n) is 7.63. The minimum absolute atomic E-state index is 0. The highest BCUT2D eigenvalue weighted by Crippen LogP contribution is 2.45. The third kappa shape index (κ3) is 8.25. The summed E-state index contributed by atoms with van der Waals surface area (Å²) < 4.78 is 29.1. The van der Waals surface area contributed by atoms with Crippen molar-refractivity contribution in [2.24, 2.45) is 10.4 Å². The van der Waals surface area contributed by atoms with Crippen molar-refractivity contribution in [3.8, 4) is 5.75 Å². The number of hydrogen-bond donors (Lipinski definition) is 2. The molecule has 1 aromatic carbocycles. The van der Waals surface area contributed by atoms with Gasteiger partial charge in [0, 0.05) is 37.4 Å². The first-order valence-corrected chi connectivity index (χ1v) is 11.1. The third-order valence-corrected chi connectivity index (χ3v) is 5.55. The van der Waals surface area contributed by atoms with E-state index in [1.54, 1.807) is 7.05 Å². The van der Waals surface area contributed by atoms with E-state index in [4.69, 9.17) is 4.74 Å². The Kier molecular flexibility index (Phi) is 8.85. The van der Waals surface area contributed by atoms with Gasteiger partial charge in [0.25, 0.3) is 0 Å². The summed E-state index contributed by atoms with van der Waals surface area (Å²) in [6.07, 6.45) is 3.29. The minimum atomic E-state index is -2.97. The van der Waals surface area contributed by atoms with Crippen molar-refractivity contribution >= 4 is 39.8 Å². The maximum atomic E-state index is 11.6. The van der Waals surface area contributed by atoms with Gasteiger partial charge in [-0.05, 0) is 45.2 Å². The van der Waals surface area contributed by atoms with E-state index < -0.39 is 9.84 Å². The van der Waals surface area contributed by atoms with Crippen LogP contribution in [0.2, 0.25) is 0 Å². The molecule has 0 spiro atoms. The number of nitrogens with zero attached hydrogens (tertiary/aromatic N) is 1. The first kappa shape index (κ1) is 24.0. The lowest BCUT2D eigenvalue weighted by molar-refractivity contribution is 0.239. The van der Waals surface area contributed by atoms with Crippen LogP contribution in [0.3, 0.4) is 0 Å².